The molecule has 37 heteroatoms. The van der Waals surface area contributed by atoms with Crippen molar-refractivity contribution in [1.29, 1.82) is 0 Å². The van der Waals surface area contributed by atoms with Gasteiger partial charge in [0.15, 0.2) is 24.3 Å². The summed E-state index contributed by atoms with van der Waals surface area (Å²) in [6, 6.07) is 13.1. The Morgan fingerprint density at radius 3 is 1.87 bits per heavy atom. The molecule has 1 aromatic heterocycles. The van der Waals surface area contributed by atoms with Gasteiger partial charge in [-0.25, -0.2) is 0 Å². The standard InChI is InChI=1S/C86H106N12O23S2/c1-43(2)70(85(116)95-59(42-123)84(115)97-71(44(3)99)78(88)109)96-79(110)54(22-11-12-32-87)91-82(113)57(37-48-39-89-53-21-10-9-19-50(48)53)93-81(112)56(36-47-26-28-49(100)29-27-47)92-83(114)58(41-122)94-80(111)55(35-46-17-7-6-8-18-46)90-63(102)24-16-25-64(103)119-40-62(101)86(117)31-30-52-67(77(86)121-65-38-60(72(104)45(4)120-65)98-33-13-14-34-98)76(108)69-68(74(52)106)73(105)51-20-15-23-61(118-5)66(51)75(69)107/h6-10,13,15,17-21,23,26-29,33,39,43-45,54-60,65,70-72,77,89,99-100,104,106,108,117,122-123H,11-12,14,16,22,24-25,30-32,34-38,40-42,87H2,1-5H3,(H2,88,109)(H,90,102)(H,91,113)(H,92,114)(H,93,112)(H,94,111)(H,95,116)(H,96,110)(H,97,115)/t44-,45-,54+,55-,56+,57-,58+,59+,60-,65-,70+,71+,72+,77+,86+/m1/s1. The molecule has 6 aromatic rings. The molecule has 660 valence electrons. The van der Waals surface area contributed by atoms with Gasteiger partial charge in [0.05, 0.1) is 42.0 Å². The first-order chi connectivity index (χ1) is 58.7. The molecule has 1 fully saturated rings. The Bertz CT molecular complexity index is 4930. The number of ketones is 3. The molecule has 123 heavy (non-hydrogen) atoms. The number of fused-ring (bicyclic) bond motifs is 4. The normalized spacial score (nSPS) is 20.0. The second-order valence-electron chi connectivity index (χ2n) is 31.3. The summed E-state index contributed by atoms with van der Waals surface area (Å²) in [5.74, 6) is -15.2. The van der Waals surface area contributed by atoms with Crippen molar-refractivity contribution in [3.63, 3.8) is 0 Å². The van der Waals surface area contributed by atoms with E-state index in [0.717, 1.165) is 0 Å². The molecule has 2 aliphatic heterocycles. The summed E-state index contributed by atoms with van der Waals surface area (Å²) in [7, 11) is 1.27. The van der Waals surface area contributed by atoms with Crippen molar-refractivity contribution in [3.8, 4) is 23.0 Å². The summed E-state index contributed by atoms with van der Waals surface area (Å²) in [4.78, 5) is 190. The number of thiol groups is 2. The number of phenols is 3. The van der Waals surface area contributed by atoms with E-state index >= 15 is 9.59 Å². The van der Waals surface area contributed by atoms with E-state index in [9.17, 15) is 83.4 Å². The molecule has 0 saturated carbocycles. The maximum absolute atomic E-state index is 15.2. The van der Waals surface area contributed by atoms with Crippen LogP contribution in [0.3, 0.4) is 0 Å². The predicted molar refractivity (Wildman–Crippen MR) is 451 cm³/mol. The van der Waals surface area contributed by atoms with Crippen LogP contribution in [0.4, 0.5) is 0 Å². The summed E-state index contributed by atoms with van der Waals surface area (Å²) in [5, 5.41) is 90.5. The van der Waals surface area contributed by atoms with Gasteiger partial charge in [0.1, 0.15) is 83.5 Å². The highest BCUT2D eigenvalue weighted by atomic mass is 32.1. The first-order valence-corrected chi connectivity index (χ1v) is 41.8. The molecule has 5 aromatic carbocycles. The fraction of sp³-hybridized carbons (Fsp3) is 0.453. The smallest absolute Gasteiger partial charge is 0.306 e. The number of primary amides is 1. The lowest BCUT2D eigenvalue weighted by Gasteiger charge is -2.46. The van der Waals surface area contributed by atoms with Crippen molar-refractivity contribution < 1.29 is 112 Å². The van der Waals surface area contributed by atoms with Crippen molar-refractivity contribution >= 4 is 113 Å². The number of carbonyl (C=O) groups excluding carboxylic acids is 13. The van der Waals surface area contributed by atoms with Gasteiger partial charge in [0.2, 0.25) is 64.7 Å². The highest BCUT2D eigenvalue weighted by molar-refractivity contribution is 7.80. The highest BCUT2D eigenvalue weighted by Crippen LogP contribution is 2.54. The SMILES string of the molecule is COc1cccc2c1C(=O)c1c(O)c3c(c(O)c1C2=O)CC[C@](O)(C(=O)COC(=O)CCCC(=O)N[C@H](Cc1ccccc1)C(=O)N[C@@H](CS)C(=O)N[C@@H](Cc1ccc(O)cc1)C(=O)N[C@H](Cc1c[nH]c2ccccc12)C(=O)N[C@@H](CCCCN)C(=O)N[C@H](C(=O)N[C@@H](CS)C(=O)N[C@H](C(N)=O)[C@@H](C)O)C(C)C)[C@H]3O[C@@H]1C[C@@H](N2C=CCC2)[C@@H](O)[C@@H](C)O1. The van der Waals surface area contributed by atoms with Gasteiger partial charge in [-0.1, -0.05) is 92.7 Å². The number of aromatic amines is 1. The summed E-state index contributed by atoms with van der Waals surface area (Å²) in [6.07, 6.45) is -2.86. The summed E-state index contributed by atoms with van der Waals surface area (Å²) in [6.45, 7) is 5.65. The third-order valence-electron chi connectivity index (χ3n) is 22.3. The number of nitrogens with two attached hydrogens (primary N) is 2. The number of esters is 1. The number of rotatable bonds is 41. The molecule has 1 saturated heterocycles. The lowest BCUT2D eigenvalue weighted by atomic mass is 9.71. The quantitative estimate of drug-likeness (QED) is 0.0111. The Hall–Kier alpha value is -11.4. The number of aliphatic hydroxyl groups excluding tert-OH is 2. The minimum atomic E-state index is -2.72. The van der Waals surface area contributed by atoms with Crippen LogP contribution < -0.4 is 58.7 Å². The molecule has 0 unspecified atom stereocenters. The maximum atomic E-state index is 15.2. The average molecular weight is 1740 g/mol. The number of aromatic nitrogens is 1. The average Bonchev–Trinajstić information content (AvgIpc) is 1.68. The molecule has 15 atom stereocenters. The number of unbranched alkanes of at least 4 members (excludes halogenated alkanes) is 1. The number of nitrogens with zero attached hydrogens (tertiary/aromatic N) is 1. The number of ether oxygens (including phenoxy) is 4. The Labute approximate surface area is 719 Å². The Kier molecular flexibility index (Phi) is 32.5. The number of hydrogen-bond acceptors (Lipinski definition) is 27. The molecule has 35 nitrogen and oxygen atoms in total. The lowest BCUT2D eigenvalue weighted by molar-refractivity contribution is -0.272. The third-order valence-corrected chi connectivity index (χ3v) is 23.0. The zero-order valence-electron chi connectivity index (χ0n) is 68.5. The number of aliphatic hydroxyl groups is 3. The largest absolute Gasteiger partial charge is 0.508 e. The number of carbonyl (C=O) groups is 13. The summed E-state index contributed by atoms with van der Waals surface area (Å²) in [5.41, 5.74) is 8.61. The van der Waals surface area contributed by atoms with Gasteiger partial charge in [-0.2, -0.15) is 25.3 Å². The van der Waals surface area contributed by atoms with Gasteiger partial charge in [0.25, 0.3) is 0 Å². The van der Waals surface area contributed by atoms with E-state index in [-0.39, 0.29) is 85.4 Å². The van der Waals surface area contributed by atoms with E-state index in [2.05, 4.69) is 72.8 Å². The number of phenolic OH excluding ortho intramolecular Hbond substituents is 3. The molecule has 0 bridgehead atoms. The van der Waals surface area contributed by atoms with Crippen molar-refractivity contribution in [2.75, 3.05) is 38.3 Å². The van der Waals surface area contributed by atoms with Crippen LogP contribution in [0.2, 0.25) is 0 Å². The second kappa shape index (κ2) is 42.6. The van der Waals surface area contributed by atoms with Crippen LogP contribution >= 0.6 is 25.3 Å². The van der Waals surface area contributed by atoms with Crippen LogP contribution in [-0.4, -0.2) is 240 Å². The fourth-order valence-corrected chi connectivity index (χ4v) is 16.0. The zero-order valence-corrected chi connectivity index (χ0v) is 70.3. The van der Waals surface area contributed by atoms with Crippen LogP contribution in [0.15, 0.2) is 116 Å². The molecule has 19 N–H and O–H groups in total. The summed E-state index contributed by atoms with van der Waals surface area (Å²) >= 11 is 8.63. The van der Waals surface area contributed by atoms with E-state index < -0.39 is 239 Å². The Morgan fingerprint density at radius 1 is 0.659 bits per heavy atom. The summed E-state index contributed by atoms with van der Waals surface area (Å²) < 4.78 is 23.5. The van der Waals surface area contributed by atoms with E-state index in [1.807, 2.05) is 11.0 Å². The van der Waals surface area contributed by atoms with Gasteiger partial charge in [-0.05, 0) is 118 Å². The van der Waals surface area contributed by atoms with E-state index in [1.54, 1.807) is 87.8 Å². The van der Waals surface area contributed by atoms with Crippen LogP contribution in [0.25, 0.3) is 10.9 Å². The minimum Gasteiger partial charge on any atom is -0.508 e. The van der Waals surface area contributed by atoms with Crippen molar-refractivity contribution in [2.24, 2.45) is 17.4 Å². The monoisotopic (exact) mass is 1740 g/mol. The topological polar surface area (TPSA) is 548 Å². The zero-order chi connectivity index (χ0) is 89.3. The first kappa shape index (κ1) is 93.8. The molecule has 10 rings (SSSR count). The van der Waals surface area contributed by atoms with Crippen molar-refractivity contribution in [2.45, 2.75) is 202 Å². The minimum absolute atomic E-state index is 0.0223. The van der Waals surface area contributed by atoms with Crippen molar-refractivity contribution in [3.05, 3.63) is 166 Å². The van der Waals surface area contributed by atoms with Gasteiger partial charge in [0, 0.05) is 90.4 Å². The van der Waals surface area contributed by atoms with Crippen LogP contribution in [0, 0.1) is 5.92 Å². The molecule has 2 aliphatic carbocycles. The van der Waals surface area contributed by atoms with Gasteiger partial charge in [-0.15, -0.1) is 0 Å². The predicted octanol–water partition coefficient (Wildman–Crippen LogP) is 1.29. The number of H-pyrrole nitrogens is 1. The van der Waals surface area contributed by atoms with E-state index in [4.69, 9.17) is 30.4 Å². The second-order valence-corrected chi connectivity index (χ2v) is 32.0. The maximum Gasteiger partial charge on any atom is 0.306 e. The van der Waals surface area contributed by atoms with Gasteiger partial charge in [-0.3, -0.25) is 62.3 Å². The van der Waals surface area contributed by atoms with E-state index in [0.29, 0.717) is 47.0 Å². The Balaban J connectivity index is 0.823. The van der Waals surface area contributed by atoms with Gasteiger partial charge >= 0.3 is 5.97 Å². The first-order valence-electron chi connectivity index (χ1n) is 40.6. The number of nitrogens with one attached hydrogen (secondary N) is 9. The third kappa shape index (κ3) is 22.7. The highest BCUT2D eigenvalue weighted by Gasteiger charge is 2.55. The number of methoxy groups -OCH3 is 1. The molecule has 9 amide bonds. The van der Waals surface area contributed by atoms with Crippen molar-refractivity contribution in [1.82, 2.24) is 52.4 Å². The van der Waals surface area contributed by atoms with Gasteiger partial charge < -0.3 is 113 Å². The number of amides is 9. The number of para-hydroxylation sites is 1. The number of aromatic hydroxyl groups is 3. The molecule has 0 radical (unpaired) electrons. The molecule has 0 spiro atoms. The van der Waals surface area contributed by atoms with E-state index in [1.165, 1.54) is 56.5 Å². The molecule has 4 aliphatic rings. The fourth-order valence-electron chi connectivity index (χ4n) is 15.5. The number of hydrogen-bond donors (Lipinski definition) is 19. The molecular formula is C86H106N12O23S2. The molecular weight excluding hydrogens is 1630 g/mol. The Morgan fingerprint density at radius 2 is 1.24 bits per heavy atom. The lowest BCUT2D eigenvalue weighted by Crippen LogP contribution is -2.62. The van der Waals surface area contributed by atoms with Crippen LogP contribution in [0.1, 0.15) is 151 Å². The van der Waals surface area contributed by atoms with Crippen LogP contribution in [-0.2, 0) is 92.6 Å². The van der Waals surface area contributed by atoms with Crippen LogP contribution in [0.5, 0.6) is 23.0 Å². The number of Topliss-reactive ketones (excluding diaryl/α,β-unsaturated/α-hetero) is 1. The number of benzene rings is 5. The molecule has 3 heterocycles.